The van der Waals surface area contributed by atoms with Gasteiger partial charge < -0.3 is 15.4 Å². The van der Waals surface area contributed by atoms with Crippen molar-refractivity contribution < 1.29 is 4.74 Å². The Labute approximate surface area is 145 Å². The third kappa shape index (κ3) is 10.5. The molecule has 0 spiro atoms. The smallest absolute Gasteiger partial charge is 0.191 e. The van der Waals surface area contributed by atoms with E-state index in [0.29, 0.717) is 13.2 Å². The molecule has 0 fully saturated rings. The summed E-state index contributed by atoms with van der Waals surface area (Å²) in [6, 6.07) is 10.2. The van der Waals surface area contributed by atoms with Gasteiger partial charge >= 0.3 is 0 Å². The maximum Gasteiger partial charge on any atom is 0.191 e. The zero-order valence-electron chi connectivity index (χ0n) is 13.1. The molecule has 0 radical (unpaired) electrons. The molecule has 0 aliphatic heterocycles. The molecule has 0 unspecified atom stereocenters. The maximum atomic E-state index is 5.61. The van der Waals surface area contributed by atoms with Crippen LogP contribution in [-0.4, -0.2) is 32.7 Å². The van der Waals surface area contributed by atoms with Crippen LogP contribution < -0.4 is 10.6 Å². The van der Waals surface area contributed by atoms with Gasteiger partial charge in [0, 0.05) is 20.1 Å². The van der Waals surface area contributed by atoms with E-state index in [0.717, 1.165) is 19.0 Å². The number of benzene rings is 1. The van der Waals surface area contributed by atoms with Crippen molar-refractivity contribution in [2.75, 3.05) is 26.7 Å². The summed E-state index contributed by atoms with van der Waals surface area (Å²) >= 11 is 0. The maximum absolute atomic E-state index is 5.61. The molecule has 2 N–H and O–H groups in total. The van der Waals surface area contributed by atoms with E-state index in [1.807, 2.05) is 18.2 Å². The number of aliphatic imine (C=N–C) groups is 1. The van der Waals surface area contributed by atoms with Gasteiger partial charge in [0.05, 0.1) is 13.2 Å². The number of nitrogens with one attached hydrogen (secondary N) is 2. The summed E-state index contributed by atoms with van der Waals surface area (Å²) in [5, 5.41) is 6.54. The Balaban J connectivity index is 0.00000400. The third-order valence-corrected chi connectivity index (χ3v) is 2.95. The molecular weight excluding hydrogens is 377 g/mol. The van der Waals surface area contributed by atoms with Crippen molar-refractivity contribution in [1.82, 2.24) is 10.6 Å². The molecule has 0 aliphatic carbocycles. The van der Waals surface area contributed by atoms with Crippen LogP contribution in [0.15, 0.2) is 35.3 Å². The van der Waals surface area contributed by atoms with Gasteiger partial charge in [0.15, 0.2) is 5.96 Å². The van der Waals surface area contributed by atoms with E-state index in [1.165, 1.54) is 24.8 Å². The standard InChI is InChI=1S/C16H27N3O.HI/c1-3-4-8-11-18-16(17-2)19-12-13-20-14-15-9-6-5-7-10-15;/h5-7,9-10H,3-4,8,11-14H2,1-2H3,(H2,17,18,19);1H. The van der Waals surface area contributed by atoms with Gasteiger partial charge in [0.2, 0.25) is 0 Å². The second kappa shape index (κ2) is 14.1. The highest BCUT2D eigenvalue weighted by Crippen LogP contribution is 1.99. The van der Waals surface area contributed by atoms with Crippen molar-refractivity contribution in [2.45, 2.75) is 32.8 Å². The van der Waals surface area contributed by atoms with E-state index in [1.54, 1.807) is 7.05 Å². The van der Waals surface area contributed by atoms with Crippen molar-refractivity contribution in [1.29, 1.82) is 0 Å². The second-order valence-corrected chi connectivity index (χ2v) is 4.67. The molecule has 1 aromatic carbocycles. The summed E-state index contributed by atoms with van der Waals surface area (Å²) in [5.41, 5.74) is 1.20. The normalized spacial score (nSPS) is 10.9. The van der Waals surface area contributed by atoms with Crippen LogP contribution in [0, 0.1) is 0 Å². The lowest BCUT2D eigenvalue weighted by Gasteiger charge is -2.11. The summed E-state index contributed by atoms with van der Waals surface area (Å²) in [7, 11) is 1.79. The summed E-state index contributed by atoms with van der Waals surface area (Å²) < 4.78 is 5.61. The van der Waals surface area contributed by atoms with Crippen molar-refractivity contribution in [2.24, 2.45) is 4.99 Å². The molecule has 0 bridgehead atoms. The average molecular weight is 405 g/mol. The molecule has 5 heteroatoms. The van der Waals surface area contributed by atoms with Gasteiger partial charge in [0.1, 0.15) is 0 Å². The van der Waals surface area contributed by atoms with E-state index in [9.17, 15) is 0 Å². The van der Waals surface area contributed by atoms with Crippen LogP contribution >= 0.6 is 24.0 Å². The SMILES string of the molecule is CCCCCNC(=NC)NCCOCc1ccccc1.I. The molecular formula is C16H28IN3O. The molecule has 21 heavy (non-hydrogen) atoms. The number of ether oxygens (including phenoxy) is 1. The summed E-state index contributed by atoms with van der Waals surface area (Å²) in [5.74, 6) is 0.851. The summed E-state index contributed by atoms with van der Waals surface area (Å²) in [6.07, 6.45) is 3.67. The molecule has 0 aliphatic rings. The first kappa shape index (κ1) is 20.2. The Bertz CT molecular complexity index is 371. The molecule has 1 aromatic rings. The van der Waals surface area contributed by atoms with Gasteiger partial charge in [-0.2, -0.15) is 0 Å². The molecule has 0 amide bonds. The third-order valence-electron chi connectivity index (χ3n) is 2.95. The molecule has 120 valence electrons. The zero-order chi connectivity index (χ0) is 14.5. The number of guanidine groups is 1. The first-order chi connectivity index (χ1) is 9.86. The van der Waals surface area contributed by atoms with Crippen molar-refractivity contribution in [3.63, 3.8) is 0 Å². The second-order valence-electron chi connectivity index (χ2n) is 4.67. The lowest BCUT2D eigenvalue weighted by Crippen LogP contribution is -2.39. The van der Waals surface area contributed by atoms with Crippen LogP contribution in [0.1, 0.15) is 31.7 Å². The Hall–Kier alpha value is -0.820. The zero-order valence-corrected chi connectivity index (χ0v) is 15.4. The van der Waals surface area contributed by atoms with Crippen LogP contribution in [0.3, 0.4) is 0 Å². The van der Waals surface area contributed by atoms with Crippen LogP contribution in [0.2, 0.25) is 0 Å². The van der Waals surface area contributed by atoms with Gasteiger partial charge in [-0.25, -0.2) is 0 Å². The van der Waals surface area contributed by atoms with Gasteiger partial charge in [-0.1, -0.05) is 50.1 Å². The minimum Gasteiger partial charge on any atom is -0.375 e. The number of halogens is 1. The van der Waals surface area contributed by atoms with Crippen LogP contribution in [-0.2, 0) is 11.3 Å². The largest absolute Gasteiger partial charge is 0.375 e. The Morgan fingerprint density at radius 1 is 1.10 bits per heavy atom. The van der Waals surface area contributed by atoms with Crippen molar-refractivity contribution in [3.05, 3.63) is 35.9 Å². The first-order valence-electron chi connectivity index (χ1n) is 7.43. The average Bonchev–Trinajstić information content (AvgIpc) is 2.50. The summed E-state index contributed by atoms with van der Waals surface area (Å²) in [6.45, 7) is 5.27. The first-order valence-corrected chi connectivity index (χ1v) is 7.43. The number of hydrogen-bond acceptors (Lipinski definition) is 2. The van der Waals surface area contributed by atoms with Gasteiger partial charge in [0.25, 0.3) is 0 Å². The molecule has 0 atom stereocenters. The molecule has 4 nitrogen and oxygen atoms in total. The predicted molar refractivity (Wildman–Crippen MR) is 100 cm³/mol. The lowest BCUT2D eigenvalue weighted by molar-refractivity contribution is 0.125. The van der Waals surface area contributed by atoms with Crippen LogP contribution in [0.25, 0.3) is 0 Å². The minimum absolute atomic E-state index is 0. The van der Waals surface area contributed by atoms with E-state index < -0.39 is 0 Å². The van der Waals surface area contributed by atoms with E-state index >= 15 is 0 Å². The van der Waals surface area contributed by atoms with Gasteiger partial charge in [-0.3, -0.25) is 4.99 Å². The van der Waals surface area contributed by atoms with E-state index in [2.05, 4.69) is 34.7 Å². The Kier molecular flexibility index (Phi) is 13.6. The number of hydrogen-bond donors (Lipinski definition) is 2. The Morgan fingerprint density at radius 2 is 1.81 bits per heavy atom. The van der Waals surface area contributed by atoms with Gasteiger partial charge in [-0.05, 0) is 12.0 Å². The highest BCUT2D eigenvalue weighted by atomic mass is 127. The number of unbranched alkanes of at least 4 members (excludes halogenated alkanes) is 2. The monoisotopic (exact) mass is 405 g/mol. The molecule has 1 rings (SSSR count). The number of rotatable bonds is 9. The topological polar surface area (TPSA) is 45.7 Å². The minimum atomic E-state index is 0. The fourth-order valence-corrected chi connectivity index (χ4v) is 1.81. The van der Waals surface area contributed by atoms with Crippen molar-refractivity contribution >= 4 is 29.9 Å². The lowest BCUT2D eigenvalue weighted by atomic mass is 10.2. The van der Waals surface area contributed by atoms with E-state index in [-0.39, 0.29) is 24.0 Å². The van der Waals surface area contributed by atoms with Crippen LogP contribution in [0.4, 0.5) is 0 Å². The molecule has 0 saturated carbocycles. The van der Waals surface area contributed by atoms with E-state index in [4.69, 9.17) is 4.74 Å². The fraction of sp³-hybridized carbons (Fsp3) is 0.562. The highest BCUT2D eigenvalue weighted by molar-refractivity contribution is 14.0. The number of nitrogens with zero attached hydrogens (tertiary/aromatic N) is 1. The summed E-state index contributed by atoms with van der Waals surface area (Å²) in [4.78, 5) is 4.18. The fourth-order valence-electron chi connectivity index (χ4n) is 1.81. The quantitative estimate of drug-likeness (QED) is 0.287. The highest BCUT2D eigenvalue weighted by Gasteiger charge is 1.96. The van der Waals surface area contributed by atoms with Crippen molar-refractivity contribution in [3.8, 4) is 0 Å². The molecule has 0 aromatic heterocycles. The molecule has 0 heterocycles. The predicted octanol–water partition coefficient (Wildman–Crippen LogP) is 3.18. The van der Waals surface area contributed by atoms with Crippen LogP contribution in [0.5, 0.6) is 0 Å². The van der Waals surface area contributed by atoms with Gasteiger partial charge in [-0.15, -0.1) is 24.0 Å². The Morgan fingerprint density at radius 3 is 2.48 bits per heavy atom. The molecule has 0 saturated heterocycles.